The van der Waals surface area contributed by atoms with E-state index in [4.69, 9.17) is 21.7 Å². The van der Waals surface area contributed by atoms with Gasteiger partial charge in [0.05, 0.1) is 11.6 Å². The van der Waals surface area contributed by atoms with Crippen LogP contribution >= 0.6 is 23.6 Å². The Labute approximate surface area is 202 Å². The second-order valence-corrected chi connectivity index (χ2v) is 9.48. The van der Waals surface area contributed by atoms with Gasteiger partial charge in [-0.2, -0.15) is 4.98 Å². The minimum Gasteiger partial charge on any atom is -0.351 e. The molecule has 0 amide bonds. The maximum absolute atomic E-state index is 5.81. The van der Waals surface area contributed by atoms with Gasteiger partial charge in [-0.15, -0.1) is 11.3 Å². The van der Waals surface area contributed by atoms with Gasteiger partial charge in [0.25, 0.3) is 5.89 Å². The molecular formula is C26H24N4OS2. The van der Waals surface area contributed by atoms with E-state index in [1.807, 2.05) is 30.3 Å². The summed E-state index contributed by atoms with van der Waals surface area (Å²) in [6.45, 7) is 4.95. The van der Waals surface area contributed by atoms with Crippen LogP contribution in [-0.4, -0.2) is 26.7 Å². The van der Waals surface area contributed by atoms with Crippen molar-refractivity contribution in [3.8, 4) is 11.4 Å². The highest BCUT2D eigenvalue weighted by Gasteiger charge is 2.34. The monoisotopic (exact) mass is 472 g/mol. The normalized spacial score (nSPS) is 16.2. The molecule has 7 heteroatoms. The van der Waals surface area contributed by atoms with Crippen LogP contribution in [0.3, 0.4) is 0 Å². The van der Waals surface area contributed by atoms with E-state index in [2.05, 4.69) is 71.0 Å². The van der Waals surface area contributed by atoms with Crippen molar-refractivity contribution in [1.29, 1.82) is 0 Å². The predicted molar refractivity (Wildman–Crippen MR) is 137 cm³/mol. The average molecular weight is 473 g/mol. The first kappa shape index (κ1) is 21.6. The summed E-state index contributed by atoms with van der Waals surface area (Å²) in [6, 6.07) is 22.4. The fraction of sp³-hybridized carbons (Fsp3) is 0.192. The first-order chi connectivity index (χ1) is 16.1. The van der Waals surface area contributed by atoms with Crippen LogP contribution in [0, 0.1) is 6.92 Å². The predicted octanol–water partition coefficient (Wildman–Crippen LogP) is 6.01. The van der Waals surface area contributed by atoms with Gasteiger partial charge in [-0.25, -0.2) is 0 Å². The molecule has 0 fully saturated rings. The second-order valence-electron chi connectivity index (χ2n) is 8.06. The van der Waals surface area contributed by atoms with Gasteiger partial charge < -0.3 is 14.7 Å². The highest BCUT2D eigenvalue weighted by molar-refractivity contribution is 7.80. The zero-order valence-corrected chi connectivity index (χ0v) is 20.1. The Kier molecular flexibility index (Phi) is 6.07. The molecule has 1 N–H and O–H groups in total. The summed E-state index contributed by atoms with van der Waals surface area (Å²) in [5.41, 5.74) is 5.22. The molecule has 1 aliphatic heterocycles. The lowest BCUT2D eigenvalue weighted by atomic mass is 9.94. The smallest absolute Gasteiger partial charge is 0.258 e. The number of aromatic nitrogens is 2. The van der Waals surface area contributed by atoms with Crippen molar-refractivity contribution in [3.63, 3.8) is 0 Å². The number of hydrogen-bond acceptors (Lipinski definition) is 5. The Hall–Kier alpha value is -3.29. The summed E-state index contributed by atoms with van der Waals surface area (Å²) in [4.78, 5) is 8.24. The van der Waals surface area contributed by atoms with Gasteiger partial charge in [0.15, 0.2) is 5.11 Å². The molecule has 0 saturated heterocycles. The third kappa shape index (κ3) is 4.47. The lowest BCUT2D eigenvalue weighted by molar-refractivity contribution is 0.397. The fourth-order valence-corrected chi connectivity index (χ4v) is 5.10. The van der Waals surface area contributed by atoms with E-state index < -0.39 is 0 Å². The van der Waals surface area contributed by atoms with Crippen molar-refractivity contribution in [2.24, 2.45) is 0 Å². The van der Waals surface area contributed by atoms with Crippen LogP contribution in [0.2, 0.25) is 0 Å². The Morgan fingerprint density at radius 1 is 1.03 bits per heavy atom. The molecular weight excluding hydrogens is 448 g/mol. The first-order valence-corrected chi connectivity index (χ1v) is 12.2. The molecule has 0 bridgehead atoms. The number of hydrogen-bond donors (Lipinski definition) is 1. The Morgan fingerprint density at radius 3 is 2.55 bits per heavy atom. The zero-order chi connectivity index (χ0) is 22.8. The minimum absolute atomic E-state index is 0.167. The molecule has 2 aromatic heterocycles. The third-order valence-electron chi connectivity index (χ3n) is 5.86. The Morgan fingerprint density at radius 2 is 1.82 bits per heavy atom. The van der Waals surface area contributed by atoms with Gasteiger partial charge in [0.2, 0.25) is 5.82 Å². The molecule has 1 atom stereocenters. The van der Waals surface area contributed by atoms with Gasteiger partial charge in [0.1, 0.15) is 0 Å². The average Bonchev–Trinajstić information content (AvgIpc) is 3.52. The molecule has 2 aromatic carbocycles. The largest absolute Gasteiger partial charge is 0.351 e. The van der Waals surface area contributed by atoms with E-state index in [0.717, 1.165) is 35.4 Å². The Bertz CT molecular complexity index is 1280. The summed E-state index contributed by atoms with van der Waals surface area (Å²) >= 11 is 7.57. The maximum Gasteiger partial charge on any atom is 0.258 e. The quantitative estimate of drug-likeness (QED) is 0.347. The zero-order valence-electron chi connectivity index (χ0n) is 18.5. The van der Waals surface area contributed by atoms with E-state index in [9.17, 15) is 0 Å². The van der Waals surface area contributed by atoms with Crippen LogP contribution in [0.25, 0.3) is 17.0 Å². The molecule has 3 heterocycles. The summed E-state index contributed by atoms with van der Waals surface area (Å²) in [6.07, 6.45) is 0.915. The molecule has 0 aliphatic carbocycles. The van der Waals surface area contributed by atoms with E-state index in [0.29, 0.717) is 16.8 Å². The second kappa shape index (κ2) is 9.29. The van der Waals surface area contributed by atoms with Gasteiger partial charge in [0, 0.05) is 22.7 Å². The topological polar surface area (TPSA) is 54.2 Å². The van der Waals surface area contributed by atoms with E-state index in [1.54, 1.807) is 11.3 Å². The molecule has 0 radical (unpaired) electrons. The number of thiocarbonyl (C=S) groups is 1. The summed E-state index contributed by atoms with van der Waals surface area (Å²) in [5, 5.41) is 10.6. The summed E-state index contributed by atoms with van der Waals surface area (Å²) in [7, 11) is 0. The van der Waals surface area contributed by atoms with Crippen molar-refractivity contribution in [2.45, 2.75) is 26.3 Å². The minimum atomic E-state index is -0.167. The van der Waals surface area contributed by atoms with Gasteiger partial charge in [-0.05, 0) is 49.5 Å². The van der Waals surface area contributed by atoms with Crippen molar-refractivity contribution in [2.75, 3.05) is 6.54 Å². The molecule has 5 nitrogen and oxygen atoms in total. The van der Waals surface area contributed by atoms with Crippen LogP contribution in [0.1, 0.15) is 34.9 Å². The molecule has 5 rings (SSSR count). The van der Waals surface area contributed by atoms with Crippen LogP contribution < -0.4 is 5.32 Å². The van der Waals surface area contributed by atoms with Crippen molar-refractivity contribution in [3.05, 3.63) is 99.7 Å². The van der Waals surface area contributed by atoms with Crippen molar-refractivity contribution in [1.82, 2.24) is 20.4 Å². The maximum atomic E-state index is 5.81. The van der Waals surface area contributed by atoms with Crippen molar-refractivity contribution >= 4 is 34.2 Å². The molecule has 166 valence electrons. The first-order valence-electron chi connectivity index (χ1n) is 10.9. The van der Waals surface area contributed by atoms with Crippen LogP contribution in [-0.2, 0) is 6.42 Å². The molecule has 0 spiro atoms. The standard InChI is InChI=1S/C26H24N4OS2/c1-17-10-12-19(13-11-17)23-22(25-28-24(29-31-25)20-7-4-3-5-8-20)18(2)30(26(32)27-23)15-14-21-9-6-16-33-21/h3-13,16,23H,14-15H2,1-2H3,(H,27,32). The number of allylic oxidation sites excluding steroid dienone is 1. The van der Waals surface area contributed by atoms with Gasteiger partial charge in [-0.3, -0.25) is 0 Å². The van der Waals surface area contributed by atoms with Crippen LogP contribution in [0.4, 0.5) is 0 Å². The highest BCUT2D eigenvalue weighted by Crippen LogP contribution is 2.37. The number of rotatable bonds is 6. The van der Waals surface area contributed by atoms with Crippen LogP contribution in [0.15, 0.2) is 82.3 Å². The number of thiophene rings is 1. The number of benzene rings is 2. The van der Waals surface area contributed by atoms with Gasteiger partial charge >= 0.3 is 0 Å². The molecule has 1 unspecified atom stereocenters. The van der Waals surface area contributed by atoms with Gasteiger partial charge in [-0.1, -0.05) is 71.4 Å². The SMILES string of the molecule is CC1=C(c2nc(-c3ccccc3)no2)C(c2ccc(C)cc2)NC(=S)N1CCc1cccs1. The fourth-order valence-electron chi connectivity index (χ4n) is 4.05. The summed E-state index contributed by atoms with van der Waals surface area (Å²) in [5.74, 6) is 1.08. The van der Waals surface area contributed by atoms with E-state index in [-0.39, 0.29) is 6.04 Å². The molecule has 33 heavy (non-hydrogen) atoms. The van der Waals surface area contributed by atoms with Crippen LogP contribution in [0.5, 0.6) is 0 Å². The number of nitrogens with one attached hydrogen (secondary N) is 1. The molecule has 4 aromatic rings. The molecule has 1 aliphatic rings. The lowest BCUT2D eigenvalue weighted by Crippen LogP contribution is -2.46. The number of aryl methyl sites for hydroxylation is 1. The van der Waals surface area contributed by atoms with E-state index >= 15 is 0 Å². The Balaban J connectivity index is 1.55. The molecule has 0 saturated carbocycles. The third-order valence-corrected chi connectivity index (χ3v) is 7.13. The van der Waals surface area contributed by atoms with E-state index in [1.165, 1.54) is 10.4 Å². The summed E-state index contributed by atoms with van der Waals surface area (Å²) < 4.78 is 5.81. The van der Waals surface area contributed by atoms with Crippen molar-refractivity contribution < 1.29 is 4.52 Å². The lowest BCUT2D eigenvalue weighted by Gasteiger charge is -2.37. The highest BCUT2D eigenvalue weighted by atomic mass is 32.1. The number of nitrogens with zero attached hydrogens (tertiary/aromatic N) is 3.